The van der Waals surface area contributed by atoms with Crippen LogP contribution in [0.25, 0.3) is 0 Å². The molecule has 0 rings (SSSR count). The Morgan fingerprint density at radius 1 is 1.78 bits per heavy atom. The Bertz CT molecular complexity index is 107. The standard InChI is InChI=1S/C6H13N3/c1-8-5-6(9-2)3-4-7/h4,7-8H,3,5H2,1-2H3. The van der Waals surface area contributed by atoms with Gasteiger partial charge in [0, 0.05) is 31.9 Å². The lowest BCUT2D eigenvalue weighted by Gasteiger charge is -1.98. The van der Waals surface area contributed by atoms with Crippen LogP contribution in [0.4, 0.5) is 0 Å². The fourth-order valence-electron chi connectivity index (χ4n) is 0.564. The number of hydrogen-bond acceptors (Lipinski definition) is 3. The summed E-state index contributed by atoms with van der Waals surface area (Å²) >= 11 is 0. The molecular formula is C6H13N3. The minimum atomic E-state index is 0.664. The van der Waals surface area contributed by atoms with E-state index in [1.54, 1.807) is 7.05 Å². The molecule has 0 heterocycles. The van der Waals surface area contributed by atoms with Crippen molar-refractivity contribution in [2.24, 2.45) is 4.99 Å². The lowest BCUT2D eigenvalue weighted by atomic mass is 10.3. The average Bonchev–Trinajstić information content (AvgIpc) is 1.88. The maximum Gasteiger partial charge on any atom is 0.0336 e. The van der Waals surface area contributed by atoms with Crippen molar-refractivity contribution in [1.29, 1.82) is 5.41 Å². The van der Waals surface area contributed by atoms with Gasteiger partial charge in [-0.3, -0.25) is 4.99 Å². The van der Waals surface area contributed by atoms with Gasteiger partial charge >= 0.3 is 0 Å². The highest BCUT2D eigenvalue weighted by Crippen LogP contribution is 1.79. The number of aliphatic imine (C=N–C) groups is 1. The molecule has 9 heavy (non-hydrogen) atoms. The Morgan fingerprint density at radius 3 is 2.78 bits per heavy atom. The van der Waals surface area contributed by atoms with E-state index in [0.29, 0.717) is 6.42 Å². The van der Waals surface area contributed by atoms with Crippen molar-refractivity contribution in [3.63, 3.8) is 0 Å². The molecule has 0 saturated carbocycles. The fraction of sp³-hybridized carbons (Fsp3) is 0.667. The molecule has 0 spiro atoms. The number of nitrogens with one attached hydrogen (secondary N) is 2. The molecule has 0 amide bonds. The fourth-order valence-corrected chi connectivity index (χ4v) is 0.564. The maximum absolute atomic E-state index is 6.78. The molecule has 0 aliphatic rings. The second kappa shape index (κ2) is 5.44. The van der Waals surface area contributed by atoms with Crippen molar-refractivity contribution in [3.8, 4) is 0 Å². The summed E-state index contributed by atoms with van der Waals surface area (Å²) in [7, 11) is 3.62. The molecule has 3 heteroatoms. The molecule has 2 N–H and O–H groups in total. The van der Waals surface area contributed by atoms with Gasteiger partial charge in [0.1, 0.15) is 0 Å². The predicted molar refractivity (Wildman–Crippen MR) is 40.7 cm³/mol. The summed E-state index contributed by atoms with van der Waals surface area (Å²) in [4.78, 5) is 3.97. The van der Waals surface area contributed by atoms with Crippen LogP contribution in [-0.2, 0) is 0 Å². The van der Waals surface area contributed by atoms with Gasteiger partial charge < -0.3 is 10.7 Å². The van der Waals surface area contributed by atoms with Crippen LogP contribution in [0.2, 0.25) is 0 Å². The SMILES string of the molecule is CN=C(CC=N)CNC. The lowest BCUT2D eigenvalue weighted by Crippen LogP contribution is -2.18. The number of hydrogen-bond donors (Lipinski definition) is 2. The summed E-state index contributed by atoms with van der Waals surface area (Å²) in [5.74, 6) is 0. The first-order valence-electron chi connectivity index (χ1n) is 2.93. The molecule has 0 bridgehead atoms. The maximum atomic E-state index is 6.78. The zero-order chi connectivity index (χ0) is 7.11. The van der Waals surface area contributed by atoms with E-state index < -0.39 is 0 Å². The van der Waals surface area contributed by atoms with E-state index in [1.807, 2.05) is 7.05 Å². The minimum absolute atomic E-state index is 0.664. The smallest absolute Gasteiger partial charge is 0.0336 e. The topological polar surface area (TPSA) is 48.2 Å². The monoisotopic (exact) mass is 127 g/mol. The Kier molecular flexibility index (Phi) is 5.01. The van der Waals surface area contributed by atoms with Gasteiger partial charge in [0.05, 0.1) is 0 Å². The predicted octanol–water partition coefficient (Wildman–Crippen LogP) is 0.316. The lowest BCUT2D eigenvalue weighted by molar-refractivity contribution is 0.936. The van der Waals surface area contributed by atoms with Crippen molar-refractivity contribution in [2.45, 2.75) is 6.42 Å². The van der Waals surface area contributed by atoms with E-state index in [9.17, 15) is 0 Å². The zero-order valence-electron chi connectivity index (χ0n) is 5.94. The molecule has 0 fully saturated rings. The quantitative estimate of drug-likeness (QED) is 0.525. The van der Waals surface area contributed by atoms with Gasteiger partial charge in [0.2, 0.25) is 0 Å². The van der Waals surface area contributed by atoms with Crippen LogP contribution >= 0.6 is 0 Å². The van der Waals surface area contributed by atoms with Gasteiger partial charge in [0.15, 0.2) is 0 Å². The largest absolute Gasteiger partial charge is 0.315 e. The molecule has 52 valence electrons. The highest BCUT2D eigenvalue weighted by Gasteiger charge is 1.90. The Balaban J connectivity index is 3.55. The first-order valence-corrected chi connectivity index (χ1v) is 2.93. The van der Waals surface area contributed by atoms with E-state index in [4.69, 9.17) is 5.41 Å². The van der Waals surface area contributed by atoms with Crippen molar-refractivity contribution < 1.29 is 0 Å². The first-order chi connectivity index (χ1) is 4.35. The van der Waals surface area contributed by atoms with Crippen molar-refractivity contribution in [2.75, 3.05) is 20.6 Å². The zero-order valence-corrected chi connectivity index (χ0v) is 5.94. The van der Waals surface area contributed by atoms with Crippen molar-refractivity contribution in [3.05, 3.63) is 0 Å². The Labute approximate surface area is 55.7 Å². The van der Waals surface area contributed by atoms with E-state index in [-0.39, 0.29) is 0 Å². The molecule has 0 radical (unpaired) electrons. The van der Waals surface area contributed by atoms with E-state index in [1.165, 1.54) is 6.21 Å². The normalized spacial score (nSPS) is 11.6. The van der Waals surface area contributed by atoms with E-state index in [2.05, 4.69) is 10.3 Å². The summed E-state index contributed by atoms with van der Waals surface area (Å²) in [6.07, 6.45) is 2.02. The van der Waals surface area contributed by atoms with Crippen LogP contribution in [-0.4, -0.2) is 32.6 Å². The molecular weight excluding hydrogens is 114 g/mol. The molecule has 0 saturated heterocycles. The minimum Gasteiger partial charge on any atom is -0.315 e. The molecule has 3 nitrogen and oxygen atoms in total. The third kappa shape index (κ3) is 3.85. The third-order valence-electron chi connectivity index (χ3n) is 1.03. The van der Waals surface area contributed by atoms with Gasteiger partial charge in [-0.05, 0) is 7.05 Å². The summed E-state index contributed by atoms with van der Waals surface area (Å²) in [6.45, 7) is 0.784. The molecule has 0 unspecified atom stereocenters. The van der Waals surface area contributed by atoms with Gasteiger partial charge in [0.25, 0.3) is 0 Å². The summed E-state index contributed by atoms with van der Waals surface area (Å²) in [5, 5.41) is 9.75. The first kappa shape index (κ1) is 8.30. The van der Waals surface area contributed by atoms with Crippen molar-refractivity contribution in [1.82, 2.24) is 5.32 Å². The summed E-state index contributed by atoms with van der Waals surface area (Å²) < 4.78 is 0. The van der Waals surface area contributed by atoms with Crippen LogP contribution in [0.1, 0.15) is 6.42 Å². The van der Waals surface area contributed by atoms with Crippen LogP contribution in [0, 0.1) is 5.41 Å². The summed E-state index contributed by atoms with van der Waals surface area (Å²) in [6, 6.07) is 0. The Morgan fingerprint density at radius 2 is 2.44 bits per heavy atom. The molecule has 0 aromatic carbocycles. The molecule has 0 aliphatic heterocycles. The average molecular weight is 127 g/mol. The van der Waals surface area contributed by atoms with Crippen LogP contribution in [0.15, 0.2) is 4.99 Å². The van der Waals surface area contributed by atoms with Gasteiger partial charge in [-0.1, -0.05) is 0 Å². The van der Waals surface area contributed by atoms with Gasteiger partial charge in [-0.2, -0.15) is 0 Å². The summed E-state index contributed by atoms with van der Waals surface area (Å²) in [5.41, 5.74) is 1.02. The third-order valence-corrected chi connectivity index (χ3v) is 1.03. The second-order valence-corrected chi connectivity index (χ2v) is 1.73. The van der Waals surface area contributed by atoms with Gasteiger partial charge in [-0.15, -0.1) is 0 Å². The highest BCUT2D eigenvalue weighted by molar-refractivity contribution is 5.95. The molecule has 0 aliphatic carbocycles. The van der Waals surface area contributed by atoms with E-state index >= 15 is 0 Å². The number of nitrogens with zero attached hydrogens (tertiary/aromatic N) is 1. The highest BCUT2D eigenvalue weighted by atomic mass is 14.8. The second-order valence-electron chi connectivity index (χ2n) is 1.73. The molecule has 0 atom stereocenters. The van der Waals surface area contributed by atoms with Crippen LogP contribution in [0.3, 0.4) is 0 Å². The van der Waals surface area contributed by atoms with Crippen molar-refractivity contribution >= 4 is 11.9 Å². The number of rotatable bonds is 4. The molecule has 0 aromatic rings. The van der Waals surface area contributed by atoms with Crippen LogP contribution in [0.5, 0.6) is 0 Å². The van der Waals surface area contributed by atoms with E-state index in [0.717, 1.165) is 12.3 Å². The van der Waals surface area contributed by atoms with Crippen LogP contribution < -0.4 is 5.32 Å². The molecule has 0 aromatic heterocycles. The Hall–Kier alpha value is -0.700. The van der Waals surface area contributed by atoms with Gasteiger partial charge in [-0.25, -0.2) is 0 Å².